The highest BCUT2D eigenvalue weighted by molar-refractivity contribution is 7.90. The molecule has 0 radical (unpaired) electrons. The molecule has 10 nitrogen and oxygen atoms in total. The topological polar surface area (TPSA) is 136 Å². The molecule has 3 fully saturated rings. The molecule has 0 bridgehead atoms. The van der Waals surface area contributed by atoms with Crippen molar-refractivity contribution in [2.45, 2.75) is 60.6 Å². The van der Waals surface area contributed by atoms with Crippen LogP contribution in [0.3, 0.4) is 0 Å². The first-order valence-electron chi connectivity index (χ1n) is 12.2. The van der Waals surface area contributed by atoms with Crippen molar-refractivity contribution in [3.63, 3.8) is 0 Å². The van der Waals surface area contributed by atoms with Crippen LogP contribution in [0, 0.1) is 5.92 Å². The van der Waals surface area contributed by atoms with Crippen molar-refractivity contribution < 1.29 is 27.5 Å². The second-order valence-corrected chi connectivity index (χ2v) is 13.4. The number of ketones is 1. The average molecular weight is 567 g/mol. The summed E-state index contributed by atoms with van der Waals surface area (Å²) in [6.45, 7) is 0.128. The van der Waals surface area contributed by atoms with Crippen LogP contribution >= 0.6 is 22.9 Å². The number of likely N-dealkylation sites (tertiary alicyclic amines) is 1. The number of fused-ring (bicyclic) bond motifs is 1. The quantitative estimate of drug-likeness (QED) is 0.525. The minimum atomic E-state index is -3.46. The highest BCUT2D eigenvalue weighted by Gasteiger charge is 2.53. The molecule has 1 N–H and O–H groups in total. The largest absolute Gasteiger partial charge is 0.366 e. The van der Waals surface area contributed by atoms with E-state index in [4.69, 9.17) is 16.3 Å². The van der Waals surface area contributed by atoms with Crippen molar-refractivity contribution in [1.82, 2.24) is 20.4 Å². The predicted molar refractivity (Wildman–Crippen MR) is 136 cm³/mol. The van der Waals surface area contributed by atoms with Crippen molar-refractivity contribution in [3.05, 3.63) is 29.3 Å². The molecule has 4 heterocycles. The van der Waals surface area contributed by atoms with Gasteiger partial charge in [0.2, 0.25) is 5.91 Å². The number of halogens is 1. The Bertz CT molecular complexity index is 1330. The molecule has 1 aliphatic carbocycles. The number of aromatic nitrogens is 2. The highest BCUT2D eigenvalue weighted by Crippen LogP contribution is 2.34. The Morgan fingerprint density at radius 1 is 1.24 bits per heavy atom. The average Bonchev–Trinajstić information content (AvgIpc) is 3.60. The van der Waals surface area contributed by atoms with Gasteiger partial charge >= 0.3 is 0 Å². The molecular weight excluding hydrogens is 540 g/mol. The number of carbonyl (C=O) groups is 3. The van der Waals surface area contributed by atoms with Crippen LogP contribution in [-0.2, 0) is 24.2 Å². The molecule has 3 aliphatic rings. The summed E-state index contributed by atoms with van der Waals surface area (Å²) < 4.78 is 29.3. The normalized spacial score (nSPS) is 25.2. The first-order chi connectivity index (χ1) is 17.6. The predicted octanol–water partition coefficient (Wildman–Crippen LogP) is 2.07. The van der Waals surface area contributed by atoms with Crippen LogP contribution in [0.1, 0.15) is 41.8 Å². The van der Waals surface area contributed by atoms with Crippen LogP contribution in [0.15, 0.2) is 29.3 Å². The van der Waals surface area contributed by atoms with E-state index in [2.05, 4.69) is 15.5 Å². The number of nitrogens with zero attached hydrogens (tertiary/aromatic N) is 3. The van der Waals surface area contributed by atoms with Crippen LogP contribution in [0.4, 0.5) is 0 Å². The molecule has 4 atom stereocenters. The summed E-state index contributed by atoms with van der Waals surface area (Å²) in [6.07, 6.45) is 6.36. The molecular formula is C24H27ClN4O6S2. The summed E-state index contributed by atoms with van der Waals surface area (Å²) in [5.41, 5.74) is 0.336. The summed E-state index contributed by atoms with van der Waals surface area (Å²) in [5, 5.41) is 10.2. The lowest BCUT2D eigenvalue weighted by Crippen LogP contribution is -2.55. The first-order valence-corrected chi connectivity index (χ1v) is 15.3. The van der Waals surface area contributed by atoms with Crippen LogP contribution < -0.4 is 5.32 Å². The van der Waals surface area contributed by atoms with Crippen LogP contribution in [-0.4, -0.2) is 84.1 Å². The number of sulfone groups is 1. The summed E-state index contributed by atoms with van der Waals surface area (Å²) in [4.78, 5) is 42.0. The van der Waals surface area contributed by atoms with Crippen molar-refractivity contribution in [2.24, 2.45) is 5.92 Å². The molecule has 2 aromatic heterocycles. The molecule has 198 valence electrons. The van der Waals surface area contributed by atoms with Gasteiger partial charge in [-0.1, -0.05) is 19.3 Å². The molecule has 13 heteroatoms. The van der Waals surface area contributed by atoms with E-state index >= 15 is 0 Å². The van der Waals surface area contributed by atoms with Gasteiger partial charge in [0, 0.05) is 12.8 Å². The Morgan fingerprint density at radius 2 is 2.00 bits per heavy atom. The number of carbonyl (C=O) groups excluding carboxylic acids is 3. The standard InChI is InChI=1S/C24H27ClN4O6S2/c1-37(33,34)14-9-16(28-26-10-14)18-7-8-19(36-18)23(31)27-20(13-5-3-2-4-6-13)24(32)29-11-15(25)22-21(29)17(30)12-35-22/h7-10,13,15,20-22H,2-6,11-12H2,1H3,(H,27,31). The van der Waals surface area contributed by atoms with Gasteiger partial charge in [0.05, 0.1) is 26.2 Å². The third-order valence-corrected chi connectivity index (χ3v) is 9.79. The van der Waals surface area contributed by atoms with E-state index < -0.39 is 39.3 Å². The number of amides is 2. The fraction of sp³-hybridized carbons (Fsp3) is 0.542. The first kappa shape index (κ1) is 26.2. The van der Waals surface area contributed by atoms with E-state index in [-0.39, 0.29) is 35.7 Å². The molecule has 1 saturated carbocycles. The fourth-order valence-electron chi connectivity index (χ4n) is 5.33. The molecule has 4 unspecified atom stereocenters. The molecule has 2 amide bonds. The van der Waals surface area contributed by atoms with Gasteiger partial charge in [-0.05, 0) is 37.0 Å². The minimum Gasteiger partial charge on any atom is -0.366 e. The van der Waals surface area contributed by atoms with Gasteiger partial charge in [-0.3, -0.25) is 14.4 Å². The Hall–Kier alpha value is -2.41. The van der Waals surface area contributed by atoms with Crippen molar-refractivity contribution in [3.8, 4) is 10.6 Å². The van der Waals surface area contributed by atoms with Gasteiger partial charge in [0.1, 0.15) is 30.5 Å². The smallest absolute Gasteiger partial charge is 0.262 e. The number of alkyl halides is 1. The van der Waals surface area contributed by atoms with E-state index in [0.29, 0.717) is 15.4 Å². The molecule has 0 aromatic carbocycles. The number of nitrogens with one attached hydrogen (secondary N) is 1. The lowest BCUT2D eigenvalue weighted by molar-refractivity contribution is -0.139. The zero-order valence-corrected chi connectivity index (χ0v) is 22.5. The van der Waals surface area contributed by atoms with E-state index in [1.807, 2.05) is 0 Å². The number of thiophene rings is 1. The van der Waals surface area contributed by atoms with Gasteiger partial charge in [0.25, 0.3) is 5.91 Å². The number of rotatable bonds is 6. The molecule has 5 rings (SSSR count). The van der Waals surface area contributed by atoms with Crippen LogP contribution in [0.25, 0.3) is 10.6 Å². The van der Waals surface area contributed by atoms with E-state index in [1.54, 1.807) is 12.1 Å². The van der Waals surface area contributed by atoms with E-state index in [9.17, 15) is 22.8 Å². The Kier molecular flexibility index (Phi) is 7.36. The van der Waals surface area contributed by atoms with Gasteiger partial charge < -0.3 is 15.0 Å². The molecule has 37 heavy (non-hydrogen) atoms. The highest BCUT2D eigenvalue weighted by atomic mass is 35.5. The van der Waals surface area contributed by atoms with E-state index in [1.165, 1.54) is 17.2 Å². The Morgan fingerprint density at radius 3 is 2.73 bits per heavy atom. The number of hydrogen-bond acceptors (Lipinski definition) is 9. The monoisotopic (exact) mass is 566 g/mol. The lowest BCUT2D eigenvalue weighted by atomic mass is 9.83. The van der Waals surface area contributed by atoms with Crippen molar-refractivity contribution in [2.75, 3.05) is 19.4 Å². The number of ether oxygens (including phenoxy) is 1. The van der Waals surface area contributed by atoms with Gasteiger partial charge in [0.15, 0.2) is 15.6 Å². The summed E-state index contributed by atoms with van der Waals surface area (Å²) in [6, 6.07) is 3.19. The lowest BCUT2D eigenvalue weighted by Gasteiger charge is -2.34. The second-order valence-electron chi connectivity index (χ2n) is 9.76. The van der Waals surface area contributed by atoms with Crippen LogP contribution in [0.2, 0.25) is 0 Å². The number of hydrogen-bond donors (Lipinski definition) is 1. The summed E-state index contributed by atoms with van der Waals surface area (Å²) in [7, 11) is -3.46. The van der Waals surface area contributed by atoms with Gasteiger partial charge in [-0.25, -0.2) is 8.42 Å². The van der Waals surface area contributed by atoms with Crippen molar-refractivity contribution >= 4 is 50.4 Å². The second kappa shape index (κ2) is 10.4. The fourth-order valence-corrected chi connectivity index (χ4v) is 7.12. The zero-order chi connectivity index (χ0) is 26.3. The maximum absolute atomic E-state index is 13.8. The third-order valence-electron chi connectivity index (χ3n) is 7.22. The van der Waals surface area contributed by atoms with Gasteiger partial charge in [-0.15, -0.1) is 28.0 Å². The summed E-state index contributed by atoms with van der Waals surface area (Å²) >= 11 is 7.54. The molecule has 0 spiro atoms. The maximum Gasteiger partial charge on any atom is 0.262 e. The molecule has 2 saturated heterocycles. The SMILES string of the molecule is CS(=O)(=O)c1cnnc(-c2ccc(C(=O)NC(C(=O)N3CC(Cl)C4OCC(=O)C43)C3CCCCC3)s2)c1. The summed E-state index contributed by atoms with van der Waals surface area (Å²) in [5.74, 6) is -0.942. The third kappa shape index (κ3) is 5.29. The van der Waals surface area contributed by atoms with Crippen LogP contribution in [0.5, 0.6) is 0 Å². The maximum atomic E-state index is 13.8. The van der Waals surface area contributed by atoms with Gasteiger partial charge in [-0.2, -0.15) is 5.10 Å². The van der Waals surface area contributed by atoms with Crippen molar-refractivity contribution in [1.29, 1.82) is 0 Å². The Balaban J connectivity index is 1.37. The minimum absolute atomic E-state index is 0.0341. The Labute approximate surface area is 223 Å². The number of Topliss-reactive ketones (excluding diaryl/α,β-unsaturated/α-hetero) is 1. The zero-order valence-electron chi connectivity index (χ0n) is 20.1. The molecule has 2 aromatic rings. The molecule has 2 aliphatic heterocycles. The van der Waals surface area contributed by atoms with E-state index in [0.717, 1.165) is 49.7 Å².